The second-order valence-corrected chi connectivity index (χ2v) is 7.80. The van der Waals surface area contributed by atoms with Gasteiger partial charge in [0.15, 0.2) is 0 Å². The molecule has 0 bridgehead atoms. The standard InChI is InChI=1S/C23H31N3O2/c1-4-26(17(2)3)15-18-7-10-21(11-8-18)23(27)25-14-20-9-12-22(24-13-20)28-16-19-5-6-19/h7-13,17,19H,4-6,14-16H2,1-3H3,(H,25,27). The highest BCUT2D eigenvalue weighted by Crippen LogP contribution is 2.29. The summed E-state index contributed by atoms with van der Waals surface area (Å²) in [6, 6.07) is 12.2. The highest BCUT2D eigenvalue weighted by atomic mass is 16.5. The molecule has 150 valence electrons. The van der Waals surface area contributed by atoms with Crippen LogP contribution in [-0.2, 0) is 13.1 Å². The molecule has 0 spiro atoms. The summed E-state index contributed by atoms with van der Waals surface area (Å²) in [6.45, 7) is 9.69. The summed E-state index contributed by atoms with van der Waals surface area (Å²) in [6.07, 6.45) is 4.29. The van der Waals surface area contributed by atoms with Crippen LogP contribution < -0.4 is 10.1 Å². The molecule has 1 aromatic carbocycles. The summed E-state index contributed by atoms with van der Waals surface area (Å²) in [5.74, 6) is 1.29. The van der Waals surface area contributed by atoms with Gasteiger partial charge in [0, 0.05) is 37.0 Å². The highest BCUT2D eigenvalue weighted by Gasteiger charge is 2.22. The van der Waals surface area contributed by atoms with E-state index < -0.39 is 0 Å². The Balaban J connectivity index is 1.47. The quantitative estimate of drug-likeness (QED) is 0.675. The summed E-state index contributed by atoms with van der Waals surface area (Å²) >= 11 is 0. The van der Waals surface area contributed by atoms with Crippen LogP contribution >= 0.6 is 0 Å². The molecule has 1 heterocycles. The molecular formula is C23H31N3O2. The van der Waals surface area contributed by atoms with Gasteiger partial charge >= 0.3 is 0 Å². The molecule has 0 aliphatic heterocycles. The van der Waals surface area contributed by atoms with Crippen molar-refractivity contribution in [1.29, 1.82) is 0 Å². The van der Waals surface area contributed by atoms with E-state index in [-0.39, 0.29) is 5.91 Å². The van der Waals surface area contributed by atoms with E-state index in [0.717, 1.165) is 25.3 Å². The zero-order valence-corrected chi connectivity index (χ0v) is 17.1. The van der Waals surface area contributed by atoms with Crippen LogP contribution in [0, 0.1) is 5.92 Å². The zero-order chi connectivity index (χ0) is 19.9. The number of amides is 1. The molecule has 0 saturated heterocycles. The normalized spacial score (nSPS) is 13.8. The Bertz CT molecular complexity index is 752. The predicted octanol–water partition coefficient (Wildman–Crippen LogP) is 4.03. The van der Waals surface area contributed by atoms with Gasteiger partial charge in [0.2, 0.25) is 5.88 Å². The fraction of sp³-hybridized carbons (Fsp3) is 0.478. The van der Waals surface area contributed by atoms with Gasteiger partial charge in [0.1, 0.15) is 0 Å². The third-order valence-electron chi connectivity index (χ3n) is 5.15. The number of ether oxygens (including phenoxy) is 1. The van der Waals surface area contributed by atoms with Crippen LogP contribution in [0.4, 0.5) is 0 Å². The lowest BCUT2D eigenvalue weighted by Gasteiger charge is -2.24. The van der Waals surface area contributed by atoms with Crippen LogP contribution in [-0.4, -0.2) is 35.0 Å². The molecule has 1 aromatic heterocycles. The lowest BCUT2D eigenvalue weighted by Crippen LogP contribution is -2.30. The Morgan fingerprint density at radius 2 is 1.89 bits per heavy atom. The largest absolute Gasteiger partial charge is 0.477 e. The first kappa shape index (κ1) is 20.3. The molecule has 1 aliphatic carbocycles. The van der Waals surface area contributed by atoms with Crippen molar-refractivity contribution in [2.24, 2.45) is 5.92 Å². The average molecular weight is 382 g/mol. The molecule has 0 atom stereocenters. The number of carbonyl (C=O) groups is 1. The minimum Gasteiger partial charge on any atom is -0.477 e. The van der Waals surface area contributed by atoms with E-state index in [0.29, 0.717) is 29.9 Å². The second-order valence-electron chi connectivity index (χ2n) is 7.80. The highest BCUT2D eigenvalue weighted by molar-refractivity contribution is 5.94. The van der Waals surface area contributed by atoms with Gasteiger partial charge in [-0.1, -0.05) is 25.1 Å². The van der Waals surface area contributed by atoms with Gasteiger partial charge in [0.25, 0.3) is 5.91 Å². The predicted molar refractivity (Wildman–Crippen MR) is 111 cm³/mol. The smallest absolute Gasteiger partial charge is 0.251 e. The van der Waals surface area contributed by atoms with Gasteiger partial charge in [-0.3, -0.25) is 9.69 Å². The van der Waals surface area contributed by atoms with Crippen molar-refractivity contribution in [3.63, 3.8) is 0 Å². The van der Waals surface area contributed by atoms with Gasteiger partial charge in [-0.05, 0) is 62.4 Å². The SMILES string of the molecule is CCN(Cc1ccc(C(=O)NCc2ccc(OCC3CC3)nc2)cc1)C(C)C. The molecule has 0 radical (unpaired) electrons. The number of hydrogen-bond donors (Lipinski definition) is 1. The minimum atomic E-state index is -0.0724. The molecular weight excluding hydrogens is 350 g/mol. The molecule has 5 heteroatoms. The van der Waals surface area contributed by atoms with E-state index in [4.69, 9.17) is 4.74 Å². The maximum absolute atomic E-state index is 12.4. The van der Waals surface area contributed by atoms with E-state index >= 15 is 0 Å². The first-order valence-corrected chi connectivity index (χ1v) is 10.2. The number of aromatic nitrogens is 1. The van der Waals surface area contributed by atoms with Gasteiger partial charge in [0.05, 0.1) is 6.61 Å². The molecule has 1 saturated carbocycles. The number of hydrogen-bond acceptors (Lipinski definition) is 4. The van der Waals surface area contributed by atoms with Crippen molar-refractivity contribution < 1.29 is 9.53 Å². The number of carbonyl (C=O) groups excluding carboxylic acids is 1. The Kier molecular flexibility index (Phi) is 7.04. The average Bonchev–Trinajstić information content (AvgIpc) is 3.54. The minimum absolute atomic E-state index is 0.0724. The van der Waals surface area contributed by atoms with Crippen LogP contribution in [0.1, 0.15) is 55.1 Å². The van der Waals surface area contributed by atoms with Gasteiger partial charge in [-0.15, -0.1) is 0 Å². The number of pyridine rings is 1. The van der Waals surface area contributed by atoms with E-state index in [1.807, 2.05) is 36.4 Å². The van der Waals surface area contributed by atoms with Crippen LogP contribution in [0.3, 0.4) is 0 Å². The Labute approximate surface area is 168 Å². The van der Waals surface area contributed by atoms with Gasteiger partial charge < -0.3 is 10.1 Å². The lowest BCUT2D eigenvalue weighted by molar-refractivity contribution is 0.0951. The van der Waals surface area contributed by atoms with E-state index in [1.54, 1.807) is 6.20 Å². The van der Waals surface area contributed by atoms with Crippen molar-refractivity contribution in [3.8, 4) is 5.88 Å². The summed E-state index contributed by atoms with van der Waals surface area (Å²) in [7, 11) is 0. The Morgan fingerprint density at radius 1 is 1.18 bits per heavy atom. The number of nitrogens with one attached hydrogen (secondary N) is 1. The van der Waals surface area contributed by atoms with Crippen LogP contribution in [0.15, 0.2) is 42.6 Å². The van der Waals surface area contributed by atoms with Crippen LogP contribution in [0.25, 0.3) is 0 Å². The maximum Gasteiger partial charge on any atom is 0.251 e. The first-order valence-electron chi connectivity index (χ1n) is 10.2. The molecule has 1 amide bonds. The van der Waals surface area contributed by atoms with Crippen molar-refractivity contribution >= 4 is 5.91 Å². The van der Waals surface area contributed by atoms with Gasteiger partial charge in [-0.25, -0.2) is 4.98 Å². The first-order chi connectivity index (χ1) is 13.5. The Morgan fingerprint density at radius 3 is 2.46 bits per heavy atom. The van der Waals surface area contributed by atoms with Gasteiger partial charge in [-0.2, -0.15) is 0 Å². The van der Waals surface area contributed by atoms with Crippen molar-refractivity contribution in [3.05, 3.63) is 59.3 Å². The molecule has 5 nitrogen and oxygen atoms in total. The van der Waals surface area contributed by atoms with E-state index in [9.17, 15) is 4.79 Å². The molecule has 28 heavy (non-hydrogen) atoms. The third-order valence-corrected chi connectivity index (χ3v) is 5.15. The number of rotatable bonds is 10. The van der Waals surface area contributed by atoms with Crippen molar-refractivity contribution in [2.45, 2.75) is 52.7 Å². The fourth-order valence-electron chi connectivity index (χ4n) is 3.03. The summed E-state index contributed by atoms with van der Waals surface area (Å²) in [4.78, 5) is 19.1. The summed E-state index contributed by atoms with van der Waals surface area (Å²) in [5, 5.41) is 2.95. The lowest BCUT2D eigenvalue weighted by atomic mass is 10.1. The fourth-order valence-corrected chi connectivity index (χ4v) is 3.03. The maximum atomic E-state index is 12.4. The molecule has 2 aromatic rings. The molecule has 3 rings (SSSR count). The summed E-state index contributed by atoms with van der Waals surface area (Å²) < 4.78 is 5.64. The van der Waals surface area contributed by atoms with Crippen molar-refractivity contribution in [1.82, 2.24) is 15.2 Å². The number of benzene rings is 1. The second kappa shape index (κ2) is 9.69. The zero-order valence-electron chi connectivity index (χ0n) is 17.1. The van der Waals surface area contributed by atoms with E-state index in [2.05, 4.69) is 36.0 Å². The Hall–Kier alpha value is -2.40. The topological polar surface area (TPSA) is 54.5 Å². The van der Waals surface area contributed by atoms with Crippen LogP contribution in [0.5, 0.6) is 5.88 Å². The third kappa shape index (κ3) is 6.06. The molecule has 1 N–H and O–H groups in total. The molecule has 1 fully saturated rings. The van der Waals surface area contributed by atoms with E-state index in [1.165, 1.54) is 18.4 Å². The van der Waals surface area contributed by atoms with Crippen LogP contribution in [0.2, 0.25) is 0 Å². The molecule has 0 unspecified atom stereocenters. The number of nitrogens with zero attached hydrogens (tertiary/aromatic N) is 2. The van der Waals surface area contributed by atoms with Crippen molar-refractivity contribution in [2.75, 3.05) is 13.2 Å². The summed E-state index contributed by atoms with van der Waals surface area (Å²) in [5.41, 5.74) is 2.85. The molecule has 1 aliphatic rings. The monoisotopic (exact) mass is 381 g/mol.